The number of carbonyl (C=O) groups is 1. The van der Waals surface area contributed by atoms with Crippen LogP contribution in [0.25, 0.3) is 17.2 Å². The van der Waals surface area contributed by atoms with Gasteiger partial charge in [0.15, 0.2) is 0 Å². The van der Waals surface area contributed by atoms with E-state index in [0.717, 1.165) is 35.3 Å². The summed E-state index contributed by atoms with van der Waals surface area (Å²) in [5.74, 6) is 0.433. The van der Waals surface area contributed by atoms with Gasteiger partial charge in [-0.1, -0.05) is 49.7 Å². The molecule has 138 valence electrons. The third-order valence-corrected chi connectivity index (χ3v) is 3.85. The van der Waals surface area contributed by atoms with Gasteiger partial charge in [0.25, 0.3) is 0 Å². The third kappa shape index (κ3) is 5.74. The van der Waals surface area contributed by atoms with Crippen LogP contribution < -0.4 is 4.74 Å². The fraction of sp³-hybridized carbons (Fsp3) is 0.318. The highest BCUT2D eigenvalue weighted by Gasteiger charge is 2.08. The molecule has 0 radical (unpaired) electrons. The minimum Gasteiger partial charge on any atom is -0.491 e. The van der Waals surface area contributed by atoms with Gasteiger partial charge in [0.05, 0.1) is 13.2 Å². The molecule has 26 heavy (non-hydrogen) atoms. The van der Waals surface area contributed by atoms with E-state index >= 15 is 0 Å². The van der Waals surface area contributed by atoms with E-state index in [1.807, 2.05) is 30.3 Å². The number of carbonyl (C=O) groups excluding carboxylic acids is 1. The van der Waals surface area contributed by atoms with E-state index in [-0.39, 0.29) is 19.2 Å². The number of benzene rings is 2. The molecule has 0 fully saturated rings. The molecule has 0 aromatic heterocycles. The summed E-state index contributed by atoms with van der Waals surface area (Å²) in [7, 11) is 0. The maximum absolute atomic E-state index is 11.4. The summed E-state index contributed by atoms with van der Waals surface area (Å²) >= 11 is 0. The van der Waals surface area contributed by atoms with Crippen molar-refractivity contribution in [3.63, 3.8) is 0 Å². The van der Waals surface area contributed by atoms with Crippen molar-refractivity contribution in [1.29, 1.82) is 0 Å². The van der Waals surface area contributed by atoms with Crippen molar-refractivity contribution in [3.8, 4) is 16.9 Å². The topological polar surface area (TPSA) is 55.8 Å². The van der Waals surface area contributed by atoms with Crippen molar-refractivity contribution in [1.82, 2.24) is 0 Å². The molecule has 4 nitrogen and oxygen atoms in total. The number of ether oxygens (including phenoxy) is 2. The number of aliphatic hydroxyl groups is 1. The normalized spacial score (nSPS) is 10.9. The standard InChI is InChI=1S/C22H26O4/c1-3-5-18-8-12-20(21(16-18)26-15-14-23)19-10-6-17(7-11-19)9-13-22(24)25-4-2/h6-13,16,23H,3-5,14-15H2,1-2H3/b13-9+. The Morgan fingerprint density at radius 3 is 2.54 bits per heavy atom. The van der Waals surface area contributed by atoms with Crippen molar-refractivity contribution in [2.45, 2.75) is 26.7 Å². The van der Waals surface area contributed by atoms with Crippen molar-refractivity contribution < 1.29 is 19.4 Å². The van der Waals surface area contributed by atoms with Crippen molar-refractivity contribution in [2.24, 2.45) is 0 Å². The molecule has 0 atom stereocenters. The summed E-state index contributed by atoms with van der Waals surface area (Å²) in [4.78, 5) is 11.4. The molecule has 0 saturated carbocycles. The quantitative estimate of drug-likeness (QED) is 0.540. The fourth-order valence-electron chi connectivity index (χ4n) is 2.65. The summed E-state index contributed by atoms with van der Waals surface area (Å²) in [5, 5.41) is 9.07. The van der Waals surface area contributed by atoms with Crippen LogP contribution in [0.3, 0.4) is 0 Å². The largest absolute Gasteiger partial charge is 0.491 e. The van der Waals surface area contributed by atoms with E-state index in [1.54, 1.807) is 13.0 Å². The van der Waals surface area contributed by atoms with E-state index in [2.05, 4.69) is 19.1 Å². The van der Waals surface area contributed by atoms with Crippen LogP contribution in [0, 0.1) is 0 Å². The van der Waals surface area contributed by atoms with Crippen LogP contribution in [-0.4, -0.2) is 30.9 Å². The van der Waals surface area contributed by atoms with Gasteiger partial charge in [-0.15, -0.1) is 0 Å². The molecule has 0 spiro atoms. The molecule has 0 amide bonds. The van der Waals surface area contributed by atoms with Crippen LogP contribution in [0.5, 0.6) is 5.75 Å². The fourth-order valence-corrected chi connectivity index (χ4v) is 2.65. The van der Waals surface area contributed by atoms with Crippen molar-refractivity contribution >= 4 is 12.0 Å². The Morgan fingerprint density at radius 1 is 1.12 bits per heavy atom. The SMILES string of the molecule is CCCc1ccc(-c2ccc(/C=C/C(=O)OCC)cc2)c(OCCO)c1. The summed E-state index contributed by atoms with van der Waals surface area (Å²) in [6.07, 6.45) is 5.22. The molecule has 0 saturated heterocycles. The zero-order valence-electron chi connectivity index (χ0n) is 15.4. The second kappa shape index (κ2) is 10.4. The molecular formula is C22H26O4. The maximum Gasteiger partial charge on any atom is 0.330 e. The molecule has 0 heterocycles. The molecule has 0 aliphatic rings. The van der Waals surface area contributed by atoms with Crippen molar-refractivity contribution in [2.75, 3.05) is 19.8 Å². The smallest absolute Gasteiger partial charge is 0.330 e. The zero-order chi connectivity index (χ0) is 18.8. The lowest BCUT2D eigenvalue weighted by Crippen LogP contribution is -2.03. The second-order valence-corrected chi connectivity index (χ2v) is 5.86. The molecule has 2 aromatic rings. The Hall–Kier alpha value is -2.59. The minimum absolute atomic E-state index is 0.0188. The number of rotatable bonds is 9. The number of aryl methyl sites for hydroxylation is 1. The Morgan fingerprint density at radius 2 is 1.88 bits per heavy atom. The second-order valence-electron chi connectivity index (χ2n) is 5.86. The van der Waals surface area contributed by atoms with Crippen LogP contribution in [0.1, 0.15) is 31.4 Å². The first kappa shape index (κ1) is 19.7. The molecule has 0 aliphatic carbocycles. The first-order chi connectivity index (χ1) is 12.7. The highest BCUT2D eigenvalue weighted by molar-refractivity contribution is 5.87. The summed E-state index contributed by atoms with van der Waals surface area (Å²) < 4.78 is 10.6. The van der Waals surface area contributed by atoms with E-state index in [4.69, 9.17) is 14.6 Å². The summed E-state index contributed by atoms with van der Waals surface area (Å²) in [6, 6.07) is 14.1. The van der Waals surface area contributed by atoms with E-state index < -0.39 is 0 Å². The van der Waals surface area contributed by atoms with Gasteiger partial charge < -0.3 is 14.6 Å². The lowest BCUT2D eigenvalue weighted by atomic mass is 9.99. The van der Waals surface area contributed by atoms with Gasteiger partial charge >= 0.3 is 5.97 Å². The average Bonchev–Trinajstić information content (AvgIpc) is 2.66. The van der Waals surface area contributed by atoms with Crippen LogP contribution >= 0.6 is 0 Å². The Balaban J connectivity index is 2.22. The summed E-state index contributed by atoms with van der Waals surface area (Å²) in [6.45, 7) is 4.54. The third-order valence-electron chi connectivity index (χ3n) is 3.85. The van der Waals surface area contributed by atoms with Crippen LogP contribution in [-0.2, 0) is 16.0 Å². The number of hydrogen-bond acceptors (Lipinski definition) is 4. The van der Waals surface area contributed by atoms with Gasteiger partial charge in [0, 0.05) is 11.6 Å². The van der Waals surface area contributed by atoms with Gasteiger partial charge in [0.1, 0.15) is 12.4 Å². The van der Waals surface area contributed by atoms with Crippen LogP contribution in [0.2, 0.25) is 0 Å². The summed E-state index contributed by atoms with van der Waals surface area (Å²) in [5.41, 5.74) is 4.15. The molecule has 1 N–H and O–H groups in total. The molecular weight excluding hydrogens is 328 g/mol. The van der Waals surface area contributed by atoms with Gasteiger partial charge in [-0.2, -0.15) is 0 Å². The minimum atomic E-state index is -0.345. The van der Waals surface area contributed by atoms with E-state index in [0.29, 0.717) is 6.61 Å². The maximum atomic E-state index is 11.4. The van der Waals surface area contributed by atoms with Crippen LogP contribution in [0.15, 0.2) is 48.5 Å². The van der Waals surface area contributed by atoms with E-state index in [1.165, 1.54) is 11.6 Å². The molecule has 4 heteroatoms. The first-order valence-corrected chi connectivity index (χ1v) is 8.99. The van der Waals surface area contributed by atoms with Gasteiger partial charge in [-0.05, 0) is 42.2 Å². The molecule has 2 aromatic carbocycles. The van der Waals surface area contributed by atoms with Crippen LogP contribution in [0.4, 0.5) is 0 Å². The Bertz CT molecular complexity index is 732. The molecule has 0 unspecified atom stereocenters. The average molecular weight is 354 g/mol. The highest BCUT2D eigenvalue weighted by Crippen LogP contribution is 2.32. The van der Waals surface area contributed by atoms with E-state index in [9.17, 15) is 4.79 Å². The molecule has 0 bridgehead atoms. The number of aliphatic hydroxyl groups excluding tert-OH is 1. The van der Waals surface area contributed by atoms with Gasteiger partial charge in [0.2, 0.25) is 0 Å². The molecule has 0 aliphatic heterocycles. The monoisotopic (exact) mass is 354 g/mol. The van der Waals surface area contributed by atoms with Gasteiger partial charge in [-0.3, -0.25) is 0 Å². The lowest BCUT2D eigenvalue weighted by molar-refractivity contribution is -0.137. The first-order valence-electron chi connectivity index (χ1n) is 8.99. The Kier molecular flexibility index (Phi) is 7.90. The highest BCUT2D eigenvalue weighted by atomic mass is 16.5. The number of hydrogen-bond donors (Lipinski definition) is 1. The Labute approximate surface area is 155 Å². The predicted molar refractivity (Wildman–Crippen MR) is 104 cm³/mol. The van der Waals surface area contributed by atoms with Gasteiger partial charge in [-0.25, -0.2) is 4.79 Å². The number of esters is 1. The van der Waals surface area contributed by atoms with Crippen molar-refractivity contribution in [3.05, 3.63) is 59.7 Å². The zero-order valence-corrected chi connectivity index (χ0v) is 15.4. The lowest BCUT2D eigenvalue weighted by Gasteiger charge is -2.13. The molecule has 2 rings (SSSR count). The predicted octanol–water partition coefficient (Wildman–Crippen LogP) is 4.25.